The first-order chi connectivity index (χ1) is 14.9. The molecule has 0 fully saturated rings. The van der Waals surface area contributed by atoms with Crippen LogP contribution in [-0.4, -0.2) is 34.5 Å². The fourth-order valence-electron chi connectivity index (χ4n) is 3.29. The molecule has 0 saturated carbocycles. The highest BCUT2D eigenvalue weighted by Gasteiger charge is 2.16. The Labute approximate surface area is 183 Å². The highest BCUT2D eigenvalue weighted by Crippen LogP contribution is 2.37. The van der Waals surface area contributed by atoms with Crippen LogP contribution in [0.2, 0.25) is 0 Å². The molecule has 0 amide bonds. The SMILES string of the molecule is COc1cccc(OC(C)=O)c1OCCCc1cn(-c2ccc(C)cn2)nc1C(C)C. The van der Waals surface area contributed by atoms with Crippen LogP contribution in [0.3, 0.4) is 0 Å². The van der Waals surface area contributed by atoms with E-state index in [4.69, 9.17) is 19.3 Å². The van der Waals surface area contributed by atoms with Crippen LogP contribution in [0.25, 0.3) is 5.82 Å². The molecule has 2 aromatic heterocycles. The zero-order valence-corrected chi connectivity index (χ0v) is 18.7. The van der Waals surface area contributed by atoms with Gasteiger partial charge in [0.15, 0.2) is 17.3 Å². The van der Waals surface area contributed by atoms with Gasteiger partial charge in [0.25, 0.3) is 0 Å². The van der Waals surface area contributed by atoms with Crippen molar-refractivity contribution < 1.29 is 19.0 Å². The van der Waals surface area contributed by atoms with E-state index in [0.29, 0.717) is 29.8 Å². The summed E-state index contributed by atoms with van der Waals surface area (Å²) >= 11 is 0. The van der Waals surface area contributed by atoms with E-state index >= 15 is 0 Å². The van der Waals surface area contributed by atoms with Gasteiger partial charge in [-0.1, -0.05) is 26.0 Å². The van der Waals surface area contributed by atoms with E-state index < -0.39 is 5.97 Å². The number of benzene rings is 1. The quantitative estimate of drug-likeness (QED) is 0.283. The summed E-state index contributed by atoms with van der Waals surface area (Å²) in [5.41, 5.74) is 3.34. The Morgan fingerprint density at radius 1 is 1.16 bits per heavy atom. The summed E-state index contributed by atoms with van der Waals surface area (Å²) in [6.07, 6.45) is 5.45. The van der Waals surface area contributed by atoms with Crippen molar-refractivity contribution in [1.82, 2.24) is 14.8 Å². The lowest BCUT2D eigenvalue weighted by Crippen LogP contribution is -2.07. The predicted octanol–water partition coefficient (Wildman–Crippen LogP) is 4.64. The Morgan fingerprint density at radius 2 is 1.94 bits per heavy atom. The number of carbonyl (C=O) groups excluding carboxylic acids is 1. The average Bonchev–Trinajstić information content (AvgIpc) is 3.16. The van der Waals surface area contributed by atoms with Gasteiger partial charge >= 0.3 is 5.97 Å². The molecule has 0 N–H and O–H groups in total. The van der Waals surface area contributed by atoms with Crippen molar-refractivity contribution in [2.45, 2.75) is 46.5 Å². The summed E-state index contributed by atoms with van der Waals surface area (Å²) in [6, 6.07) is 9.22. The van der Waals surface area contributed by atoms with Crippen molar-refractivity contribution in [1.29, 1.82) is 0 Å². The molecule has 7 nitrogen and oxygen atoms in total. The molecule has 2 heterocycles. The molecule has 0 bridgehead atoms. The maximum atomic E-state index is 11.4. The van der Waals surface area contributed by atoms with E-state index in [0.717, 1.165) is 29.9 Å². The van der Waals surface area contributed by atoms with E-state index in [1.807, 2.05) is 36.1 Å². The summed E-state index contributed by atoms with van der Waals surface area (Å²) in [6.45, 7) is 8.09. The first-order valence-corrected chi connectivity index (χ1v) is 10.4. The molecule has 0 radical (unpaired) electrons. The molecular formula is C24H29N3O4. The van der Waals surface area contributed by atoms with Crippen LogP contribution in [0.5, 0.6) is 17.2 Å². The molecule has 0 unspecified atom stereocenters. The van der Waals surface area contributed by atoms with Gasteiger partial charge in [-0.15, -0.1) is 0 Å². The molecule has 0 spiro atoms. The summed E-state index contributed by atoms with van der Waals surface area (Å²) in [4.78, 5) is 15.9. The number of esters is 1. The van der Waals surface area contributed by atoms with Gasteiger partial charge in [0.05, 0.1) is 19.4 Å². The average molecular weight is 424 g/mol. The zero-order chi connectivity index (χ0) is 22.4. The van der Waals surface area contributed by atoms with E-state index in [1.54, 1.807) is 25.3 Å². The van der Waals surface area contributed by atoms with Crippen LogP contribution in [0.4, 0.5) is 0 Å². The van der Waals surface area contributed by atoms with Gasteiger partial charge in [-0.3, -0.25) is 4.79 Å². The number of nitrogens with zero attached hydrogens (tertiary/aromatic N) is 3. The van der Waals surface area contributed by atoms with Gasteiger partial charge in [0, 0.05) is 19.3 Å². The van der Waals surface area contributed by atoms with Crippen LogP contribution in [-0.2, 0) is 11.2 Å². The third-order valence-corrected chi connectivity index (χ3v) is 4.75. The van der Waals surface area contributed by atoms with Crippen LogP contribution in [0.1, 0.15) is 49.9 Å². The van der Waals surface area contributed by atoms with Crippen LogP contribution >= 0.6 is 0 Å². The lowest BCUT2D eigenvalue weighted by Gasteiger charge is -2.14. The summed E-state index contributed by atoms with van der Waals surface area (Å²) in [7, 11) is 1.56. The topological polar surface area (TPSA) is 75.5 Å². The molecule has 164 valence electrons. The van der Waals surface area contributed by atoms with Gasteiger partial charge in [-0.2, -0.15) is 5.10 Å². The molecule has 31 heavy (non-hydrogen) atoms. The van der Waals surface area contributed by atoms with Crippen molar-refractivity contribution in [3.63, 3.8) is 0 Å². The Morgan fingerprint density at radius 3 is 2.58 bits per heavy atom. The van der Waals surface area contributed by atoms with E-state index in [1.165, 1.54) is 12.5 Å². The molecule has 0 saturated heterocycles. The van der Waals surface area contributed by atoms with Crippen LogP contribution in [0.15, 0.2) is 42.7 Å². The van der Waals surface area contributed by atoms with Crippen LogP contribution in [0, 0.1) is 6.92 Å². The van der Waals surface area contributed by atoms with Gasteiger partial charge in [-0.25, -0.2) is 9.67 Å². The largest absolute Gasteiger partial charge is 0.493 e. The smallest absolute Gasteiger partial charge is 0.308 e. The number of ether oxygens (including phenoxy) is 3. The standard InChI is InChI=1S/C24H29N3O4/c1-16(2)23-19(15-27(26-23)22-12-11-17(3)14-25-22)8-7-13-30-24-20(29-5)9-6-10-21(24)31-18(4)28/h6,9-12,14-16H,7-8,13H2,1-5H3. The number of para-hydroxylation sites is 1. The summed E-state index contributed by atoms with van der Waals surface area (Å²) in [5.74, 6) is 2.01. The Hall–Kier alpha value is -3.35. The monoisotopic (exact) mass is 423 g/mol. The van der Waals surface area contributed by atoms with Gasteiger partial charge in [0.1, 0.15) is 0 Å². The van der Waals surface area contributed by atoms with E-state index in [-0.39, 0.29) is 0 Å². The molecule has 0 aliphatic carbocycles. The molecule has 0 aliphatic rings. The molecular weight excluding hydrogens is 394 g/mol. The van der Waals surface area contributed by atoms with Crippen molar-refractivity contribution in [3.8, 4) is 23.1 Å². The number of aromatic nitrogens is 3. The Balaban J connectivity index is 1.70. The first-order valence-electron chi connectivity index (χ1n) is 10.4. The number of rotatable bonds is 9. The second kappa shape index (κ2) is 10.1. The minimum absolute atomic E-state index is 0.299. The Kier molecular flexibility index (Phi) is 7.28. The summed E-state index contributed by atoms with van der Waals surface area (Å²) < 4.78 is 18.4. The summed E-state index contributed by atoms with van der Waals surface area (Å²) in [5, 5.41) is 4.76. The van der Waals surface area contributed by atoms with Gasteiger partial charge in [-0.05, 0) is 55.0 Å². The van der Waals surface area contributed by atoms with Crippen molar-refractivity contribution in [3.05, 3.63) is 59.5 Å². The zero-order valence-electron chi connectivity index (χ0n) is 18.7. The third-order valence-electron chi connectivity index (χ3n) is 4.75. The Bertz CT molecular complexity index is 1030. The van der Waals surface area contributed by atoms with Gasteiger partial charge < -0.3 is 14.2 Å². The minimum Gasteiger partial charge on any atom is -0.493 e. The number of aryl methyl sites for hydroxylation is 2. The number of hydrogen-bond donors (Lipinski definition) is 0. The molecule has 3 rings (SSSR count). The molecule has 1 aromatic carbocycles. The number of pyridine rings is 1. The van der Waals surface area contributed by atoms with Crippen LogP contribution < -0.4 is 14.2 Å². The van der Waals surface area contributed by atoms with Gasteiger partial charge in [0.2, 0.25) is 5.75 Å². The third kappa shape index (κ3) is 5.63. The number of hydrogen-bond acceptors (Lipinski definition) is 6. The lowest BCUT2D eigenvalue weighted by atomic mass is 10.0. The maximum Gasteiger partial charge on any atom is 0.308 e. The number of carbonyl (C=O) groups is 1. The second-order valence-corrected chi connectivity index (χ2v) is 7.67. The minimum atomic E-state index is -0.406. The normalized spacial score (nSPS) is 10.9. The van der Waals surface area contributed by atoms with Crippen molar-refractivity contribution in [2.24, 2.45) is 0 Å². The fourth-order valence-corrected chi connectivity index (χ4v) is 3.29. The molecule has 3 aromatic rings. The molecule has 7 heteroatoms. The highest BCUT2D eigenvalue weighted by atomic mass is 16.6. The number of methoxy groups -OCH3 is 1. The predicted molar refractivity (Wildman–Crippen MR) is 118 cm³/mol. The molecule has 0 atom stereocenters. The van der Waals surface area contributed by atoms with E-state index in [9.17, 15) is 4.79 Å². The van der Waals surface area contributed by atoms with Crippen molar-refractivity contribution in [2.75, 3.05) is 13.7 Å². The highest BCUT2D eigenvalue weighted by molar-refractivity contribution is 5.71. The van der Waals surface area contributed by atoms with Crippen molar-refractivity contribution >= 4 is 5.97 Å². The fraction of sp³-hybridized carbons (Fsp3) is 0.375. The van der Waals surface area contributed by atoms with E-state index in [2.05, 4.69) is 18.8 Å². The second-order valence-electron chi connectivity index (χ2n) is 7.67. The first kappa shape index (κ1) is 22.3. The lowest BCUT2D eigenvalue weighted by molar-refractivity contribution is -0.132. The maximum absolute atomic E-state index is 11.4. The molecule has 0 aliphatic heterocycles.